The van der Waals surface area contributed by atoms with Crippen LogP contribution in [0.15, 0.2) is 77.8 Å². The average Bonchev–Trinajstić information content (AvgIpc) is 3.24. The normalized spacial score (nSPS) is 16.1. The van der Waals surface area contributed by atoms with Crippen LogP contribution in [0.3, 0.4) is 0 Å². The molecule has 0 radical (unpaired) electrons. The first kappa shape index (κ1) is 23.0. The topological polar surface area (TPSA) is 54.4 Å². The number of carbonyl (C=O) groups excluding carboxylic acids is 1. The summed E-state index contributed by atoms with van der Waals surface area (Å²) >= 11 is 0. The van der Waals surface area contributed by atoms with Crippen LogP contribution >= 0.6 is 0 Å². The molecule has 3 aromatic rings. The fourth-order valence-corrected chi connectivity index (χ4v) is 4.93. The van der Waals surface area contributed by atoms with Crippen molar-refractivity contribution in [2.45, 2.75) is 25.7 Å². The summed E-state index contributed by atoms with van der Waals surface area (Å²) in [6.45, 7) is 4.99. The third-order valence-electron chi connectivity index (χ3n) is 6.76. The van der Waals surface area contributed by atoms with Gasteiger partial charge in [-0.15, -0.1) is 0 Å². The zero-order valence-corrected chi connectivity index (χ0v) is 20.3. The minimum Gasteiger partial charge on any atom is -0.493 e. The second-order valence-corrected chi connectivity index (χ2v) is 8.88. The quantitative estimate of drug-likeness (QED) is 0.499. The summed E-state index contributed by atoms with van der Waals surface area (Å²) in [4.78, 5) is 22.9. The summed E-state index contributed by atoms with van der Waals surface area (Å²) in [6.07, 6.45) is 1.66. The van der Waals surface area contributed by atoms with E-state index in [2.05, 4.69) is 24.0 Å². The number of amides is 1. The number of methoxy groups -OCH3 is 1. The Hall–Kier alpha value is -3.80. The molecule has 1 fully saturated rings. The third kappa shape index (κ3) is 4.61. The fraction of sp³-hybridized carbons (Fsp3) is 0.310. The van der Waals surface area contributed by atoms with Crippen LogP contribution in [0.25, 0.3) is 0 Å². The van der Waals surface area contributed by atoms with E-state index < -0.39 is 0 Å². The van der Waals surface area contributed by atoms with Gasteiger partial charge in [-0.05, 0) is 42.7 Å². The van der Waals surface area contributed by atoms with E-state index in [-0.39, 0.29) is 11.8 Å². The summed E-state index contributed by atoms with van der Waals surface area (Å²) in [7, 11) is 1.65. The Labute approximate surface area is 206 Å². The van der Waals surface area contributed by atoms with Crippen molar-refractivity contribution in [2.24, 2.45) is 4.99 Å². The van der Waals surface area contributed by atoms with Gasteiger partial charge in [0.05, 0.1) is 18.6 Å². The zero-order chi connectivity index (χ0) is 24.2. The molecule has 0 bridgehead atoms. The van der Waals surface area contributed by atoms with Crippen molar-refractivity contribution in [2.75, 3.05) is 33.3 Å². The molecule has 1 amide bonds. The van der Waals surface area contributed by atoms with Gasteiger partial charge in [0, 0.05) is 26.2 Å². The zero-order valence-electron chi connectivity index (χ0n) is 20.3. The summed E-state index contributed by atoms with van der Waals surface area (Å²) in [5.41, 5.74) is 2.77. The van der Waals surface area contributed by atoms with Crippen molar-refractivity contribution < 1.29 is 14.3 Å². The Morgan fingerprint density at radius 1 is 0.971 bits per heavy atom. The van der Waals surface area contributed by atoms with Crippen LogP contribution in [0.4, 0.5) is 5.69 Å². The number of hydrogen-bond donors (Lipinski definition) is 0. The molecule has 1 atom stereocenters. The third-order valence-corrected chi connectivity index (χ3v) is 6.76. The van der Waals surface area contributed by atoms with Gasteiger partial charge in [0.1, 0.15) is 11.5 Å². The van der Waals surface area contributed by atoms with Crippen LogP contribution in [0.2, 0.25) is 0 Å². The van der Waals surface area contributed by atoms with E-state index in [0.29, 0.717) is 30.3 Å². The molecule has 6 nitrogen and oxygen atoms in total. The molecule has 0 saturated carbocycles. The van der Waals surface area contributed by atoms with E-state index in [1.807, 2.05) is 65.6 Å². The molecule has 1 unspecified atom stereocenters. The predicted octanol–water partition coefficient (Wildman–Crippen LogP) is 5.61. The van der Waals surface area contributed by atoms with Crippen LogP contribution in [0.5, 0.6) is 17.2 Å². The minimum atomic E-state index is -0.108. The Bertz CT molecular complexity index is 1220. The number of hydrogen-bond acceptors (Lipinski definition) is 5. The molecule has 0 aromatic heterocycles. The molecule has 0 aliphatic carbocycles. The van der Waals surface area contributed by atoms with Crippen LogP contribution in [0, 0.1) is 0 Å². The van der Waals surface area contributed by atoms with E-state index in [4.69, 9.17) is 14.5 Å². The van der Waals surface area contributed by atoms with Gasteiger partial charge in [-0.25, -0.2) is 4.99 Å². The average molecular weight is 470 g/mol. The Kier molecular flexibility index (Phi) is 6.70. The first-order chi connectivity index (χ1) is 17.2. The summed E-state index contributed by atoms with van der Waals surface area (Å²) in [5, 5.41) is 0. The first-order valence-corrected chi connectivity index (χ1v) is 12.3. The summed E-state index contributed by atoms with van der Waals surface area (Å²) in [6, 6.07) is 23.8. The first-order valence-electron chi connectivity index (χ1n) is 12.3. The van der Waals surface area contributed by atoms with E-state index in [1.165, 1.54) is 0 Å². The lowest BCUT2D eigenvalue weighted by Gasteiger charge is -2.27. The monoisotopic (exact) mass is 469 g/mol. The number of ether oxygens (including phenoxy) is 2. The molecule has 180 valence electrons. The highest BCUT2D eigenvalue weighted by Gasteiger charge is 2.30. The highest BCUT2D eigenvalue weighted by molar-refractivity contribution is 6.04. The van der Waals surface area contributed by atoms with Crippen molar-refractivity contribution in [1.29, 1.82) is 0 Å². The van der Waals surface area contributed by atoms with Crippen LogP contribution in [-0.2, 0) is 4.79 Å². The molecule has 35 heavy (non-hydrogen) atoms. The van der Waals surface area contributed by atoms with Gasteiger partial charge in [-0.2, -0.15) is 0 Å². The molecule has 2 aliphatic heterocycles. The predicted molar refractivity (Wildman–Crippen MR) is 138 cm³/mol. The maximum atomic E-state index is 13.5. The van der Waals surface area contributed by atoms with E-state index in [9.17, 15) is 4.79 Å². The second-order valence-electron chi connectivity index (χ2n) is 8.88. The van der Waals surface area contributed by atoms with Gasteiger partial charge >= 0.3 is 0 Å². The van der Waals surface area contributed by atoms with E-state index in [1.54, 1.807) is 7.11 Å². The Morgan fingerprint density at radius 3 is 2.57 bits per heavy atom. The number of para-hydroxylation sites is 3. The Morgan fingerprint density at radius 2 is 1.77 bits per heavy atom. The largest absolute Gasteiger partial charge is 0.493 e. The highest BCUT2D eigenvalue weighted by atomic mass is 16.5. The highest BCUT2D eigenvalue weighted by Crippen LogP contribution is 2.42. The molecule has 1 saturated heterocycles. The van der Waals surface area contributed by atoms with Crippen molar-refractivity contribution >= 4 is 17.4 Å². The number of rotatable bonds is 4. The number of carbonyl (C=O) groups is 1. The lowest BCUT2D eigenvalue weighted by molar-refractivity contribution is -0.132. The molecule has 2 aliphatic rings. The molecule has 0 spiro atoms. The summed E-state index contributed by atoms with van der Waals surface area (Å²) in [5.74, 6) is 3.00. The molecule has 0 N–H and O–H groups in total. The molecule has 2 heterocycles. The van der Waals surface area contributed by atoms with Crippen LogP contribution < -0.4 is 9.47 Å². The smallest absolute Gasteiger partial charge is 0.230 e. The van der Waals surface area contributed by atoms with Crippen molar-refractivity contribution in [1.82, 2.24) is 9.80 Å². The van der Waals surface area contributed by atoms with Gasteiger partial charge in [-0.3, -0.25) is 4.79 Å². The number of benzene rings is 3. The van der Waals surface area contributed by atoms with Crippen molar-refractivity contribution in [3.05, 3.63) is 83.9 Å². The lowest BCUT2D eigenvalue weighted by Crippen LogP contribution is -2.39. The van der Waals surface area contributed by atoms with Crippen molar-refractivity contribution in [3.8, 4) is 17.2 Å². The number of amidine groups is 1. The van der Waals surface area contributed by atoms with Crippen LogP contribution in [0.1, 0.15) is 36.8 Å². The molecular formula is C29H31N3O3. The second kappa shape index (κ2) is 10.2. The maximum absolute atomic E-state index is 13.5. The van der Waals surface area contributed by atoms with Gasteiger partial charge < -0.3 is 19.3 Å². The van der Waals surface area contributed by atoms with E-state index in [0.717, 1.165) is 48.6 Å². The molecule has 6 heteroatoms. The van der Waals surface area contributed by atoms with Gasteiger partial charge in [0.15, 0.2) is 17.2 Å². The number of aliphatic imine (C=N–C) groups is 1. The van der Waals surface area contributed by atoms with E-state index >= 15 is 0 Å². The molecule has 3 aromatic carbocycles. The van der Waals surface area contributed by atoms with Gasteiger partial charge in [0.2, 0.25) is 5.91 Å². The minimum absolute atomic E-state index is 0.108. The summed E-state index contributed by atoms with van der Waals surface area (Å²) < 4.78 is 11.9. The number of nitrogens with zero attached hydrogens (tertiary/aromatic N) is 3. The van der Waals surface area contributed by atoms with Crippen LogP contribution in [-0.4, -0.2) is 54.8 Å². The standard InChI is InChI=1S/C29H31N3O3/c1-3-22(21-11-5-4-6-12-21)29(33)32-18-10-17-31(19-20-32)28-23-13-9-16-26(34-2)27(23)35-25-15-8-7-14-24(25)30-28/h4-9,11-16,22H,3,10,17-20H2,1-2H3. The van der Waals surface area contributed by atoms with Crippen molar-refractivity contribution in [3.63, 3.8) is 0 Å². The Balaban J connectivity index is 1.43. The maximum Gasteiger partial charge on any atom is 0.230 e. The fourth-order valence-electron chi connectivity index (χ4n) is 4.93. The van der Waals surface area contributed by atoms with Gasteiger partial charge in [-0.1, -0.05) is 55.5 Å². The van der Waals surface area contributed by atoms with Gasteiger partial charge in [0.25, 0.3) is 0 Å². The molecule has 5 rings (SSSR count). The SMILES string of the molecule is CCC(C(=O)N1CCCN(C2=Nc3ccccc3Oc3c(OC)cccc32)CC1)c1ccccc1. The molecular weight excluding hydrogens is 438 g/mol. The number of fused-ring (bicyclic) bond motifs is 2. The lowest BCUT2D eigenvalue weighted by atomic mass is 9.95.